The molecule has 3 aliphatic rings. The van der Waals surface area contributed by atoms with Gasteiger partial charge < -0.3 is 5.43 Å². The fourth-order valence-electron chi connectivity index (χ4n) is 4.12. The van der Waals surface area contributed by atoms with Gasteiger partial charge in [0.05, 0.1) is 16.6 Å². The Labute approximate surface area is 148 Å². The zero-order valence-corrected chi connectivity index (χ0v) is 15.3. The fourth-order valence-corrected chi connectivity index (χ4v) is 4.70. The summed E-state index contributed by atoms with van der Waals surface area (Å²) in [7, 11) is 0. The van der Waals surface area contributed by atoms with Crippen LogP contribution in [0.4, 0.5) is 0 Å². The summed E-state index contributed by atoms with van der Waals surface area (Å²) in [5.41, 5.74) is 8.36. The first-order valence-corrected chi connectivity index (χ1v) is 9.91. The summed E-state index contributed by atoms with van der Waals surface area (Å²) in [6.07, 6.45) is 5.75. The molecule has 2 N–H and O–H groups in total. The van der Waals surface area contributed by atoms with E-state index in [4.69, 9.17) is 0 Å². The molecular weight excluding hydrogens is 316 g/mol. The smallest absolute Gasteiger partial charge is 0.117 e. The van der Waals surface area contributed by atoms with Crippen LogP contribution in [0, 0.1) is 31.1 Å². The number of thioether (sulfide) groups is 1. The molecule has 1 aromatic rings. The lowest BCUT2D eigenvalue weighted by Crippen LogP contribution is -2.58. The van der Waals surface area contributed by atoms with Crippen LogP contribution in [0.15, 0.2) is 28.8 Å². The van der Waals surface area contributed by atoms with Gasteiger partial charge in [0.25, 0.3) is 0 Å². The molecule has 0 amide bonds. The molecule has 0 radical (unpaired) electrons. The van der Waals surface area contributed by atoms with E-state index in [1.807, 2.05) is 6.26 Å². The number of hydrazine groups is 1. The van der Waals surface area contributed by atoms with Crippen molar-refractivity contribution in [3.63, 3.8) is 0 Å². The van der Waals surface area contributed by atoms with Crippen LogP contribution in [0.5, 0.6) is 0 Å². The second kappa shape index (κ2) is 6.11. The molecule has 0 bridgehead atoms. The van der Waals surface area contributed by atoms with Gasteiger partial charge in [-0.2, -0.15) is 10.3 Å². The van der Waals surface area contributed by atoms with E-state index >= 15 is 0 Å². The Morgan fingerprint density at radius 1 is 1.29 bits per heavy atom. The molecule has 3 atom stereocenters. The third-order valence-electron chi connectivity index (χ3n) is 5.51. The van der Waals surface area contributed by atoms with E-state index in [0.29, 0.717) is 12.1 Å². The molecule has 126 valence electrons. The van der Waals surface area contributed by atoms with Gasteiger partial charge in [-0.3, -0.25) is 5.32 Å². The molecule has 1 saturated carbocycles. The first-order valence-electron chi connectivity index (χ1n) is 8.69. The van der Waals surface area contributed by atoms with Crippen LogP contribution >= 0.6 is 11.8 Å². The zero-order valence-electron chi connectivity index (χ0n) is 14.5. The van der Waals surface area contributed by atoms with Gasteiger partial charge in [-0.25, -0.2) is 0 Å². The van der Waals surface area contributed by atoms with E-state index in [1.54, 1.807) is 11.8 Å². The topological polar surface area (TPSA) is 51.1 Å². The molecule has 1 aliphatic carbocycles. The molecule has 1 saturated heterocycles. The van der Waals surface area contributed by atoms with Crippen molar-refractivity contribution in [3.8, 4) is 6.07 Å². The molecule has 0 spiro atoms. The Morgan fingerprint density at radius 2 is 2.08 bits per heavy atom. The van der Waals surface area contributed by atoms with Gasteiger partial charge in [0.1, 0.15) is 12.2 Å². The first-order chi connectivity index (χ1) is 11.6. The average Bonchev–Trinajstić information content (AvgIpc) is 3.35. The molecule has 1 aromatic carbocycles. The van der Waals surface area contributed by atoms with E-state index in [0.717, 1.165) is 22.9 Å². The lowest BCUT2D eigenvalue weighted by Gasteiger charge is -2.43. The average molecular weight is 340 g/mol. The number of rotatable bonds is 3. The highest BCUT2D eigenvalue weighted by molar-refractivity contribution is 8.02. The highest BCUT2D eigenvalue weighted by Crippen LogP contribution is 2.44. The molecule has 2 fully saturated rings. The van der Waals surface area contributed by atoms with Gasteiger partial charge in [0.2, 0.25) is 0 Å². The minimum Gasteiger partial charge on any atom is -0.310 e. The van der Waals surface area contributed by atoms with Crippen LogP contribution in [0.2, 0.25) is 0 Å². The van der Waals surface area contributed by atoms with Crippen LogP contribution in [0.1, 0.15) is 42.0 Å². The number of nitriles is 1. The first kappa shape index (κ1) is 16.0. The van der Waals surface area contributed by atoms with Crippen LogP contribution < -0.4 is 10.7 Å². The lowest BCUT2D eigenvalue weighted by atomic mass is 9.89. The van der Waals surface area contributed by atoms with Gasteiger partial charge in [-0.05, 0) is 56.4 Å². The summed E-state index contributed by atoms with van der Waals surface area (Å²) in [6, 6.07) is 9.98. The van der Waals surface area contributed by atoms with E-state index in [9.17, 15) is 5.26 Å². The Bertz CT molecular complexity index is 731. The van der Waals surface area contributed by atoms with Gasteiger partial charge in [0, 0.05) is 6.04 Å². The standard InChI is InChI=1S/C19H24N4S/c1-11-4-7-14(12(2)8-11)17-9-16(13-5-6-13)21-18-15(10-20)19(24-3)22-23(17)18/h4,7-8,13,16-18,21-22H,5-6,9H2,1-3H3. The monoisotopic (exact) mass is 340 g/mol. The zero-order chi connectivity index (χ0) is 16.8. The van der Waals surface area contributed by atoms with Crippen LogP contribution in [-0.4, -0.2) is 23.5 Å². The van der Waals surface area contributed by atoms with Crippen LogP contribution in [0.25, 0.3) is 0 Å². The minimum atomic E-state index is -0.0116. The molecule has 0 aromatic heterocycles. The second-order valence-electron chi connectivity index (χ2n) is 7.20. The van der Waals surface area contributed by atoms with E-state index in [2.05, 4.69) is 53.9 Å². The van der Waals surface area contributed by atoms with E-state index < -0.39 is 0 Å². The maximum Gasteiger partial charge on any atom is 0.117 e. The number of nitrogens with zero attached hydrogens (tertiary/aromatic N) is 2. The summed E-state index contributed by atoms with van der Waals surface area (Å²) >= 11 is 1.62. The molecule has 4 rings (SSSR count). The van der Waals surface area contributed by atoms with Crippen LogP contribution in [-0.2, 0) is 0 Å². The maximum atomic E-state index is 9.67. The summed E-state index contributed by atoms with van der Waals surface area (Å²) < 4.78 is 0. The second-order valence-corrected chi connectivity index (χ2v) is 8.02. The van der Waals surface area contributed by atoms with Crippen molar-refractivity contribution in [2.45, 2.75) is 51.4 Å². The fraction of sp³-hybridized carbons (Fsp3) is 0.526. The van der Waals surface area contributed by atoms with Gasteiger partial charge in [-0.15, -0.1) is 11.8 Å². The lowest BCUT2D eigenvalue weighted by molar-refractivity contribution is 0.0423. The van der Waals surface area contributed by atoms with Crippen LogP contribution in [0.3, 0.4) is 0 Å². The number of benzene rings is 1. The number of hydrogen-bond donors (Lipinski definition) is 2. The Kier molecular flexibility index (Phi) is 4.07. The highest BCUT2D eigenvalue weighted by atomic mass is 32.2. The summed E-state index contributed by atoms with van der Waals surface area (Å²) in [4.78, 5) is 0. The predicted octanol–water partition coefficient (Wildman–Crippen LogP) is 3.36. The maximum absolute atomic E-state index is 9.67. The summed E-state index contributed by atoms with van der Waals surface area (Å²) in [6.45, 7) is 4.35. The number of fused-ring (bicyclic) bond motifs is 1. The Balaban J connectivity index is 1.72. The molecular formula is C19H24N4S. The molecule has 2 heterocycles. The molecule has 4 nitrogen and oxygen atoms in total. The van der Waals surface area contributed by atoms with Crippen molar-refractivity contribution < 1.29 is 0 Å². The van der Waals surface area contributed by atoms with Gasteiger partial charge in [0.15, 0.2) is 0 Å². The van der Waals surface area contributed by atoms with Crippen molar-refractivity contribution in [3.05, 3.63) is 45.5 Å². The third kappa shape index (κ3) is 2.63. The SMILES string of the molecule is CSC1=C(C#N)C2NC(C3CC3)CC(c3ccc(C)cc3C)N2N1. The number of hydrogen-bond acceptors (Lipinski definition) is 5. The molecule has 24 heavy (non-hydrogen) atoms. The molecule has 3 unspecified atom stereocenters. The third-order valence-corrected chi connectivity index (χ3v) is 6.23. The van der Waals surface area contributed by atoms with Crippen molar-refractivity contribution >= 4 is 11.8 Å². The van der Waals surface area contributed by atoms with Gasteiger partial charge in [-0.1, -0.05) is 23.8 Å². The largest absolute Gasteiger partial charge is 0.310 e. The Morgan fingerprint density at radius 3 is 2.71 bits per heavy atom. The quantitative estimate of drug-likeness (QED) is 0.884. The minimum absolute atomic E-state index is 0.0116. The molecule has 2 aliphatic heterocycles. The number of aryl methyl sites for hydroxylation is 2. The normalized spacial score (nSPS) is 30.0. The van der Waals surface area contributed by atoms with Crippen molar-refractivity contribution in [2.24, 2.45) is 5.92 Å². The van der Waals surface area contributed by atoms with E-state index in [-0.39, 0.29) is 6.17 Å². The molecule has 5 heteroatoms. The Hall–Kier alpha value is -1.48. The van der Waals surface area contributed by atoms with Crippen molar-refractivity contribution in [1.82, 2.24) is 15.8 Å². The summed E-state index contributed by atoms with van der Waals surface area (Å²) in [5.74, 6) is 0.777. The van der Waals surface area contributed by atoms with E-state index in [1.165, 1.54) is 29.5 Å². The van der Waals surface area contributed by atoms with Crippen molar-refractivity contribution in [2.75, 3.05) is 6.26 Å². The van der Waals surface area contributed by atoms with Gasteiger partial charge >= 0.3 is 0 Å². The number of nitrogens with one attached hydrogen (secondary N) is 2. The summed E-state index contributed by atoms with van der Waals surface area (Å²) in [5, 5.41) is 16.7. The van der Waals surface area contributed by atoms with Crippen molar-refractivity contribution in [1.29, 1.82) is 5.26 Å². The predicted molar refractivity (Wildman–Crippen MR) is 97.8 cm³/mol. The highest BCUT2D eigenvalue weighted by Gasteiger charge is 2.47.